The molecule has 1 fully saturated rings. The van der Waals surface area contributed by atoms with Crippen LogP contribution in [0.2, 0.25) is 0 Å². The molecule has 1 saturated heterocycles. The largest absolute Gasteiger partial charge is 0.508 e. The quantitative estimate of drug-likeness (QED) is 0.889. The van der Waals surface area contributed by atoms with Gasteiger partial charge in [-0.1, -0.05) is 19.1 Å². The van der Waals surface area contributed by atoms with Gasteiger partial charge in [0, 0.05) is 25.7 Å². The highest BCUT2D eigenvalue weighted by atomic mass is 16.3. The van der Waals surface area contributed by atoms with E-state index in [0.29, 0.717) is 11.8 Å². The lowest BCUT2D eigenvalue weighted by Crippen LogP contribution is -2.39. The fourth-order valence-electron chi connectivity index (χ4n) is 2.72. The molecule has 18 heavy (non-hydrogen) atoms. The number of hydrogen-bond donors (Lipinski definition) is 1. The van der Waals surface area contributed by atoms with Crippen LogP contribution in [0, 0.1) is 0 Å². The molecule has 0 aliphatic carbocycles. The molecule has 1 aromatic rings. The number of rotatable bonds is 3. The monoisotopic (exact) mass is 248 g/mol. The summed E-state index contributed by atoms with van der Waals surface area (Å²) in [5.74, 6) is 0.349. The smallest absolute Gasteiger partial charge is 0.115 e. The lowest BCUT2D eigenvalue weighted by Gasteiger charge is -2.30. The van der Waals surface area contributed by atoms with Crippen LogP contribution in [0.25, 0.3) is 0 Å². The molecule has 1 aliphatic heterocycles. The van der Waals surface area contributed by atoms with Crippen molar-refractivity contribution in [3.63, 3.8) is 0 Å². The Labute approximate surface area is 110 Å². The van der Waals surface area contributed by atoms with E-state index < -0.39 is 0 Å². The average molecular weight is 248 g/mol. The number of phenolic OH excluding ortho intramolecular Hbond substituents is 1. The molecular formula is C15H24N2O. The van der Waals surface area contributed by atoms with Gasteiger partial charge in [0.15, 0.2) is 0 Å². The van der Waals surface area contributed by atoms with Crippen LogP contribution in [0.3, 0.4) is 0 Å². The van der Waals surface area contributed by atoms with Gasteiger partial charge in [-0.05, 0) is 44.1 Å². The minimum atomic E-state index is 0.349. The van der Waals surface area contributed by atoms with Gasteiger partial charge in [-0.2, -0.15) is 0 Å². The minimum absolute atomic E-state index is 0.349. The van der Waals surface area contributed by atoms with E-state index in [4.69, 9.17) is 0 Å². The van der Waals surface area contributed by atoms with E-state index >= 15 is 0 Å². The Balaban J connectivity index is 2.03. The molecule has 0 bridgehead atoms. The van der Waals surface area contributed by atoms with Gasteiger partial charge < -0.3 is 10.0 Å². The summed E-state index contributed by atoms with van der Waals surface area (Å²) in [7, 11) is 2.21. The Kier molecular flexibility index (Phi) is 4.61. The maximum atomic E-state index is 9.32. The van der Waals surface area contributed by atoms with Gasteiger partial charge in [0.1, 0.15) is 5.75 Å². The predicted molar refractivity (Wildman–Crippen MR) is 74.7 cm³/mol. The second-order valence-corrected chi connectivity index (χ2v) is 5.31. The molecular weight excluding hydrogens is 224 g/mol. The van der Waals surface area contributed by atoms with Gasteiger partial charge in [0.05, 0.1) is 0 Å². The Bertz CT molecular complexity index is 363. The summed E-state index contributed by atoms with van der Waals surface area (Å²) in [6.45, 7) is 6.79. The van der Waals surface area contributed by atoms with E-state index in [0.717, 1.165) is 13.1 Å². The molecule has 0 saturated carbocycles. The van der Waals surface area contributed by atoms with Crippen molar-refractivity contribution < 1.29 is 5.11 Å². The molecule has 3 heteroatoms. The van der Waals surface area contributed by atoms with E-state index in [9.17, 15) is 5.11 Å². The van der Waals surface area contributed by atoms with E-state index in [2.05, 4.69) is 23.8 Å². The van der Waals surface area contributed by atoms with Gasteiger partial charge in [-0.3, -0.25) is 4.90 Å². The summed E-state index contributed by atoms with van der Waals surface area (Å²) in [5, 5.41) is 9.32. The van der Waals surface area contributed by atoms with Crippen LogP contribution in [0.15, 0.2) is 24.3 Å². The summed E-state index contributed by atoms with van der Waals surface area (Å²) in [4.78, 5) is 5.01. The average Bonchev–Trinajstić information content (AvgIpc) is 2.54. The fourth-order valence-corrected chi connectivity index (χ4v) is 2.72. The van der Waals surface area contributed by atoms with E-state index in [-0.39, 0.29) is 0 Å². The Morgan fingerprint density at radius 2 is 1.94 bits per heavy atom. The van der Waals surface area contributed by atoms with Crippen LogP contribution in [0.5, 0.6) is 5.75 Å². The van der Waals surface area contributed by atoms with Crippen LogP contribution in [-0.2, 0) is 6.54 Å². The van der Waals surface area contributed by atoms with Gasteiger partial charge in [0.2, 0.25) is 0 Å². The van der Waals surface area contributed by atoms with Crippen molar-refractivity contribution >= 4 is 0 Å². The summed E-state index contributed by atoms with van der Waals surface area (Å²) >= 11 is 0. The van der Waals surface area contributed by atoms with Gasteiger partial charge in [-0.15, -0.1) is 0 Å². The SMILES string of the molecule is CCC1CN(C)CCCN1Cc1ccc(O)cc1. The number of nitrogens with zero attached hydrogens (tertiary/aromatic N) is 2. The molecule has 1 unspecified atom stereocenters. The molecule has 0 radical (unpaired) electrons. The van der Waals surface area contributed by atoms with Crippen molar-refractivity contribution in [2.45, 2.75) is 32.4 Å². The third-order valence-electron chi connectivity index (χ3n) is 3.82. The standard InChI is InChI=1S/C15H24N2O/c1-3-14-12-16(2)9-4-10-17(14)11-13-5-7-15(18)8-6-13/h5-8,14,18H,3-4,9-12H2,1-2H3. The lowest BCUT2D eigenvalue weighted by molar-refractivity contribution is 0.176. The Morgan fingerprint density at radius 3 is 2.61 bits per heavy atom. The van der Waals surface area contributed by atoms with E-state index in [1.807, 2.05) is 12.1 Å². The molecule has 1 aliphatic rings. The molecule has 3 nitrogen and oxygen atoms in total. The molecule has 0 amide bonds. The van der Waals surface area contributed by atoms with Gasteiger partial charge in [0.25, 0.3) is 0 Å². The molecule has 1 heterocycles. The molecule has 1 aromatic carbocycles. The zero-order valence-electron chi connectivity index (χ0n) is 11.5. The second kappa shape index (κ2) is 6.21. The molecule has 1 N–H and O–H groups in total. The molecule has 100 valence electrons. The van der Waals surface area contributed by atoms with Crippen molar-refractivity contribution in [2.24, 2.45) is 0 Å². The minimum Gasteiger partial charge on any atom is -0.508 e. The first kappa shape index (κ1) is 13.4. The normalized spacial score (nSPS) is 22.9. The highest BCUT2D eigenvalue weighted by Crippen LogP contribution is 2.17. The van der Waals surface area contributed by atoms with E-state index in [1.54, 1.807) is 12.1 Å². The topological polar surface area (TPSA) is 26.7 Å². The first-order chi connectivity index (χ1) is 8.69. The predicted octanol–water partition coefficient (Wildman–Crippen LogP) is 2.31. The van der Waals surface area contributed by atoms with Crippen molar-refractivity contribution in [2.75, 3.05) is 26.7 Å². The van der Waals surface area contributed by atoms with Crippen LogP contribution in [0.4, 0.5) is 0 Å². The van der Waals surface area contributed by atoms with Crippen molar-refractivity contribution in [3.05, 3.63) is 29.8 Å². The van der Waals surface area contributed by atoms with Crippen LogP contribution in [0.1, 0.15) is 25.3 Å². The number of likely N-dealkylation sites (N-methyl/N-ethyl adjacent to an activating group) is 1. The number of hydrogen-bond acceptors (Lipinski definition) is 3. The first-order valence-corrected chi connectivity index (χ1v) is 6.89. The summed E-state index contributed by atoms with van der Waals surface area (Å²) < 4.78 is 0. The first-order valence-electron chi connectivity index (χ1n) is 6.89. The van der Waals surface area contributed by atoms with Crippen LogP contribution < -0.4 is 0 Å². The lowest BCUT2D eigenvalue weighted by atomic mass is 10.1. The second-order valence-electron chi connectivity index (χ2n) is 5.31. The van der Waals surface area contributed by atoms with E-state index in [1.165, 1.54) is 31.5 Å². The van der Waals surface area contributed by atoms with Gasteiger partial charge >= 0.3 is 0 Å². The zero-order valence-corrected chi connectivity index (χ0v) is 11.5. The van der Waals surface area contributed by atoms with Crippen LogP contribution >= 0.6 is 0 Å². The molecule has 2 rings (SSSR count). The number of benzene rings is 1. The maximum absolute atomic E-state index is 9.32. The third-order valence-corrected chi connectivity index (χ3v) is 3.82. The summed E-state index contributed by atoms with van der Waals surface area (Å²) in [6, 6.07) is 8.25. The maximum Gasteiger partial charge on any atom is 0.115 e. The Morgan fingerprint density at radius 1 is 1.22 bits per heavy atom. The Hall–Kier alpha value is -1.06. The molecule has 0 spiro atoms. The highest BCUT2D eigenvalue weighted by Gasteiger charge is 2.21. The van der Waals surface area contributed by atoms with Crippen molar-refractivity contribution in [1.82, 2.24) is 9.80 Å². The van der Waals surface area contributed by atoms with Crippen molar-refractivity contribution in [1.29, 1.82) is 0 Å². The third kappa shape index (κ3) is 3.47. The summed E-state index contributed by atoms with van der Waals surface area (Å²) in [6.07, 6.45) is 2.44. The van der Waals surface area contributed by atoms with Crippen LogP contribution in [-0.4, -0.2) is 47.6 Å². The molecule has 1 atom stereocenters. The zero-order chi connectivity index (χ0) is 13.0. The van der Waals surface area contributed by atoms with Gasteiger partial charge in [-0.25, -0.2) is 0 Å². The van der Waals surface area contributed by atoms with Crippen molar-refractivity contribution in [3.8, 4) is 5.75 Å². The fraction of sp³-hybridized carbons (Fsp3) is 0.600. The number of aromatic hydroxyl groups is 1. The molecule has 0 aromatic heterocycles. The highest BCUT2D eigenvalue weighted by molar-refractivity contribution is 5.25. The number of phenols is 1. The summed E-state index contributed by atoms with van der Waals surface area (Å²) in [5.41, 5.74) is 1.29.